The summed E-state index contributed by atoms with van der Waals surface area (Å²) in [6.07, 6.45) is 0.787. The summed E-state index contributed by atoms with van der Waals surface area (Å²) < 4.78 is 17.9. The number of anilines is 1. The molecule has 0 saturated heterocycles. The summed E-state index contributed by atoms with van der Waals surface area (Å²) in [5.74, 6) is -1.28. The molecule has 0 aromatic heterocycles. The Morgan fingerprint density at radius 3 is 2.78 bits per heavy atom. The maximum Gasteiger partial charge on any atom is 0.309 e. The molecular formula is C13H14FNO3. The molecule has 1 N–H and O–H groups in total. The SMILES string of the molecule is C[C@H](OC(=O)C1CC1)C(=O)Nc1cccc(F)c1. The second-order valence-corrected chi connectivity index (χ2v) is 4.35. The lowest BCUT2D eigenvalue weighted by molar-refractivity contribution is -0.154. The van der Waals surface area contributed by atoms with Crippen LogP contribution < -0.4 is 5.32 Å². The summed E-state index contributed by atoms with van der Waals surface area (Å²) in [7, 11) is 0. The number of hydrogen-bond donors (Lipinski definition) is 1. The molecule has 1 aliphatic carbocycles. The van der Waals surface area contributed by atoms with Gasteiger partial charge < -0.3 is 10.1 Å². The van der Waals surface area contributed by atoms with E-state index in [-0.39, 0.29) is 11.9 Å². The zero-order valence-corrected chi connectivity index (χ0v) is 9.98. The Morgan fingerprint density at radius 1 is 1.44 bits per heavy atom. The molecule has 0 spiro atoms. The quantitative estimate of drug-likeness (QED) is 0.834. The van der Waals surface area contributed by atoms with Crippen LogP contribution in [0.5, 0.6) is 0 Å². The van der Waals surface area contributed by atoms with Crippen molar-refractivity contribution < 1.29 is 18.7 Å². The lowest BCUT2D eigenvalue weighted by Crippen LogP contribution is -2.30. The van der Waals surface area contributed by atoms with Crippen molar-refractivity contribution in [1.29, 1.82) is 0 Å². The maximum absolute atomic E-state index is 12.9. The molecule has 0 radical (unpaired) electrons. The molecule has 1 amide bonds. The van der Waals surface area contributed by atoms with Crippen molar-refractivity contribution in [3.8, 4) is 0 Å². The summed E-state index contributed by atoms with van der Waals surface area (Å²) in [5.41, 5.74) is 0.342. The van der Waals surface area contributed by atoms with Crippen molar-refractivity contribution in [3.05, 3.63) is 30.1 Å². The molecule has 1 aliphatic rings. The molecule has 1 aromatic rings. The Balaban J connectivity index is 1.88. The van der Waals surface area contributed by atoms with Crippen molar-refractivity contribution in [2.75, 3.05) is 5.32 Å². The number of ether oxygens (including phenoxy) is 1. The summed E-state index contributed by atoms with van der Waals surface area (Å²) in [5, 5.41) is 2.49. The van der Waals surface area contributed by atoms with Crippen molar-refractivity contribution in [3.63, 3.8) is 0 Å². The first-order chi connectivity index (χ1) is 8.56. The van der Waals surface area contributed by atoms with Crippen LogP contribution in [0, 0.1) is 11.7 Å². The molecule has 5 heteroatoms. The van der Waals surface area contributed by atoms with Gasteiger partial charge in [-0.05, 0) is 38.0 Å². The van der Waals surface area contributed by atoms with E-state index in [2.05, 4.69) is 5.32 Å². The van der Waals surface area contributed by atoms with Crippen LogP contribution in [0.3, 0.4) is 0 Å². The molecule has 0 heterocycles. The maximum atomic E-state index is 12.9. The Morgan fingerprint density at radius 2 is 2.17 bits per heavy atom. The summed E-state index contributed by atoms with van der Waals surface area (Å²) >= 11 is 0. The minimum absolute atomic E-state index is 0.0468. The average molecular weight is 251 g/mol. The Labute approximate surface area is 104 Å². The summed E-state index contributed by atoms with van der Waals surface area (Å²) in [4.78, 5) is 23.1. The molecule has 1 saturated carbocycles. The van der Waals surface area contributed by atoms with Gasteiger partial charge in [0.25, 0.3) is 5.91 Å². The summed E-state index contributed by atoms with van der Waals surface area (Å²) in [6, 6.07) is 5.54. The molecule has 1 atom stereocenters. The fraction of sp³-hybridized carbons (Fsp3) is 0.385. The molecule has 1 fully saturated rings. The highest BCUT2D eigenvalue weighted by Crippen LogP contribution is 2.30. The molecular weight excluding hydrogens is 237 g/mol. The van der Waals surface area contributed by atoms with Gasteiger partial charge in [-0.25, -0.2) is 4.39 Å². The van der Waals surface area contributed by atoms with E-state index in [1.54, 1.807) is 6.07 Å². The van der Waals surface area contributed by atoms with E-state index in [0.29, 0.717) is 5.69 Å². The van der Waals surface area contributed by atoms with Gasteiger partial charge in [0.2, 0.25) is 0 Å². The number of carbonyl (C=O) groups is 2. The predicted molar refractivity (Wildman–Crippen MR) is 63.3 cm³/mol. The Bertz CT molecular complexity index is 471. The third-order valence-electron chi connectivity index (χ3n) is 2.66. The van der Waals surface area contributed by atoms with E-state index in [1.165, 1.54) is 25.1 Å². The topological polar surface area (TPSA) is 55.4 Å². The first-order valence-corrected chi connectivity index (χ1v) is 5.83. The highest BCUT2D eigenvalue weighted by Gasteiger charge is 2.33. The zero-order valence-electron chi connectivity index (χ0n) is 9.98. The highest BCUT2D eigenvalue weighted by molar-refractivity contribution is 5.95. The fourth-order valence-electron chi connectivity index (χ4n) is 1.45. The molecule has 0 bridgehead atoms. The van der Waals surface area contributed by atoms with Gasteiger partial charge in [0.05, 0.1) is 5.92 Å². The van der Waals surface area contributed by atoms with E-state index in [4.69, 9.17) is 4.74 Å². The monoisotopic (exact) mass is 251 g/mol. The van der Waals surface area contributed by atoms with E-state index in [0.717, 1.165) is 12.8 Å². The largest absolute Gasteiger partial charge is 0.452 e. The van der Waals surface area contributed by atoms with Crippen LogP contribution in [0.4, 0.5) is 10.1 Å². The molecule has 1 aromatic carbocycles. The predicted octanol–water partition coefficient (Wildman–Crippen LogP) is 2.11. The smallest absolute Gasteiger partial charge is 0.309 e. The van der Waals surface area contributed by atoms with E-state index < -0.39 is 17.8 Å². The van der Waals surface area contributed by atoms with E-state index >= 15 is 0 Å². The van der Waals surface area contributed by atoms with Crippen molar-refractivity contribution in [2.45, 2.75) is 25.9 Å². The number of halogens is 1. The minimum atomic E-state index is -0.874. The highest BCUT2D eigenvalue weighted by atomic mass is 19.1. The zero-order chi connectivity index (χ0) is 13.1. The number of benzene rings is 1. The van der Waals surface area contributed by atoms with Crippen molar-refractivity contribution >= 4 is 17.6 Å². The standard InChI is InChI=1S/C13H14FNO3/c1-8(18-13(17)9-5-6-9)12(16)15-11-4-2-3-10(14)7-11/h2-4,7-9H,5-6H2,1H3,(H,15,16)/t8-/m0/s1. The van der Waals surface area contributed by atoms with Gasteiger partial charge >= 0.3 is 5.97 Å². The molecule has 18 heavy (non-hydrogen) atoms. The van der Waals surface area contributed by atoms with Gasteiger partial charge in [0.15, 0.2) is 6.10 Å². The van der Waals surface area contributed by atoms with Gasteiger partial charge in [-0.2, -0.15) is 0 Å². The fourth-order valence-corrected chi connectivity index (χ4v) is 1.45. The van der Waals surface area contributed by atoms with Gasteiger partial charge in [-0.15, -0.1) is 0 Å². The number of hydrogen-bond acceptors (Lipinski definition) is 3. The lowest BCUT2D eigenvalue weighted by atomic mass is 10.3. The number of nitrogens with one attached hydrogen (secondary N) is 1. The summed E-state index contributed by atoms with van der Waals surface area (Å²) in [6.45, 7) is 1.49. The number of carbonyl (C=O) groups excluding carboxylic acids is 2. The third kappa shape index (κ3) is 3.29. The molecule has 0 unspecified atom stereocenters. The van der Waals surface area contributed by atoms with Crippen LogP contribution in [0.2, 0.25) is 0 Å². The molecule has 0 aliphatic heterocycles. The van der Waals surface area contributed by atoms with Crippen LogP contribution >= 0.6 is 0 Å². The number of esters is 1. The number of amides is 1. The second-order valence-electron chi connectivity index (χ2n) is 4.35. The second kappa shape index (κ2) is 5.16. The first kappa shape index (κ1) is 12.5. The molecule has 96 valence electrons. The number of rotatable bonds is 4. The van der Waals surface area contributed by atoms with Crippen molar-refractivity contribution in [2.24, 2.45) is 5.92 Å². The van der Waals surface area contributed by atoms with Crippen LogP contribution in [0.25, 0.3) is 0 Å². The molecule has 4 nitrogen and oxygen atoms in total. The van der Waals surface area contributed by atoms with Gasteiger partial charge in [-0.3, -0.25) is 9.59 Å². The Kier molecular flexibility index (Phi) is 3.60. The molecule has 2 rings (SSSR count). The Hall–Kier alpha value is -1.91. The van der Waals surface area contributed by atoms with Crippen LogP contribution in [0.15, 0.2) is 24.3 Å². The normalized spacial score (nSPS) is 15.9. The van der Waals surface area contributed by atoms with Gasteiger partial charge in [0, 0.05) is 5.69 Å². The van der Waals surface area contributed by atoms with E-state index in [1.807, 2.05) is 0 Å². The third-order valence-corrected chi connectivity index (χ3v) is 2.66. The van der Waals surface area contributed by atoms with Crippen LogP contribution in [-0.4, -0.2) is 18.0 Å². The van der Waals surface area contributed by atoms with E-state index in [9.17, 15) is 14.0 Å². The first-order valence-electron chi connectivity index (χ1n) is 5.83. The lowest BCUT2D eigenvalue weighted by Gasteiger charge is -2.13. The van der Waals surface area contributed by atoms with Crippen molar-refractivity contribution in [1.82, 2.24) is 0 Å². The van der Waals surface area contributed by atoms with Gasteiger partial charge in [-0.1, -0.05) is 6.07 Å². The van der Waals surface area contributed by atoms with Crippen LogP contribution in [-0.2, 0) is 14.3 Å². The van der Waals surface area contributed by atoms with Gasteiger partial charge in [0.1, 0.15) is 5.82 Å². The average Bonchev–Trinajstić information content (AvgIpc) is 3.12. The van der Waals surface area contributed by atoms with Crippen LogP contribution in [0.1, 0.15) is 19.8 Å². The minimum Gasteiger partial charge on any atom is -0.452 e.